The number of oxime groups is 1. The second-order valence-electron chi connectivity index (χ2n) is 4.79. The standard InChI is InChI=1S/C16H14N2O3S/c19-22(20,14-6-2-1-3-7-14)11-9-13-12-16(18-21-13)15-8-4-5-10-17-15/h1-11,13H,12H2/b11-9+. The van der Waals surface area contributed by atoms with Gasteiger partial charge in [-0.1, -0.05) is 29.4 Å². The Hall–Kier alpha value is -2.47. The largest absolute Gasteiger partial charge is 0.388 e. The van der Waals surface area contributed by atoms with Crippen molar-refractivity contribution in [2.45, 2.75) is 17.4 Å². The van der Waals surface area contributed by atoms with Gasteiger partial charge < -0.3 is 4.84 Å². The number of hydrogen-bond acceptors (Lipinski definition) is 5. The van der Waals surface area contributed by atoms with Crippen molar-refractivity contribution < 1.29 is 13.3 Å². The summed E-state index contributed by atoms with van der Waals surface area (Å²) in [5, 5.41) is 5.14. The third-order valence-electron chi connectivity index (χ3n) is 3.20. The summed E-state index contributed by atoms with van der Waals surface area (Å²) in [6.07, 6.45) is 3.30. The highest BCUT2D eigenvalue weighted by molar-refractivity contribution is 7.94. The van der Waals surface area contributed by atoms with Gasteiger partial charge in [-0.2, -0.15) is 0 Å². The SMILES string of the molecule is O=S(=O)(/C=C/C1CC(c2ccccn2)=NO1)c1ccccc1. The molecule has 0 bridgehead atoms. The van der Waals surface area contributed by atoms with Crippen molar-refractivity contribution >= 4 is 15.5 Å². The number of hydrogen-bond donors (Lipinski definition) is 0. The lowest BCUT2D eigenvalue weighted by atomic mass is 10.1. The number of rotatable bonds is 4. The molecule has 1 aromatic carbocycles. The van der Waals surface area contributed by atoms with E-state index in [0.29, 0.717) is 12.1 Å². The number of aromatic nitrogens is 1. The fourth-order valence-corrected chi connectivity index (χ4v) is 3.14. The Morgan fingerprint density at radius 2 is 1.86 bits per heavy atom. The van der Waals surface area contributed by atoms with E-state index in [4.69, 9.17) is 4.84 Å². The molecule has 0 amide bonds. The van der Waals surface area contributed by atoms with Crippen molar-refractivity contribution in [1.82, 2.24) is 4.98 Å². The van der Waals surface area contributed by atoms with Gasteiger partial charge in [-0.25, -0.2) is 8.42 Å². The number of sulfone groups is 1. The van der Waals surface area contributed by atoms with E-state index in [1.54, 1.807) is 36.5 Å². The summed E-state index contributed by atoms with van der Waals surface area (Å²) in [6.45, 7) is 0. The van der Waals surface area contributed by atoms with E-state index in [9.17, 15) is 8.42 Å². The van der Waals surface area contributed by atoms with Crippen LogP contribution in [-0.2, 0) is 14.7 Å². The zero-order valence-electron chi connectivity index (χ0n) is 11.7. The van der Waals surface area contributed by atoms with Gasteiger partial charge in [0, 0.05) is 18.0 Å². The van der Waals surface area contributed by atoms with E-state index in [1.165, 1.54) is 11.5 Å². The van der Waals surface area contributed by atoms with Gasteiger partial charge in [0.25, 0.3) is 0 Å². The van der Waals surface area contributed by atoms with Crippen molar-refractivity contribution in [2.24, 2.45) is 5.16 Å². The third kappa shape index (κ3) is 3.23. The minimum absolute atomic E-state index is 0.259. The molecule has 0 fully saturated rings. The van der Waals surface area contributed by atoms with Crippen LogP contribution in [0.25, 0.3) is 0 Å². The molecule has 1 aliphatic rings. The average Bonchev–Trinajstić information content (AvgIpc) is 3.04. The molecule has 0 aliphatic carbocycles. The number of benzene rings is 1. The van der Waals surface area contributed by atoms with E-state index in [0.717, 1.165) is 5.69 Å². The highest BCUT2D eigenvalue weighted by Gasteiger charge is 2.21. The molecule has 2 heterocycles. The molecule has 1 atom stereocenters. The second kappa shape index (κ2) is 6.11. The lowest BCUT2D eigenvalue weighted by Crippen LogP contribution is -2.07. The number of nitrogens with zero attached hydrogens (tertiary/aromatic N) is 2. The number of pyridine rings is 1. The maximum Gasteiger partial charge on any atom is 0.199 e. The van der Waals surface area contributed by atoms with Gasteiger partial charge in [-0.05, 0) is 30.3 Å². The van der Waals surface area contributed by atoms with Gasteiger partial charge in [-0.3, -0.25) is 4.98 Å². The Kier molecular flexibility index (Phi) is 4.02. The third-order valence-corrected chi connectivity index (χ3v) is 4.64. The monoisotopic (exact) mass is 314 g/mol. The molecule has 1 unspecified atom stereocenters. The van der Waals surface area contributed by atoms with Crippen LogP contribution in [0.2, 0.25) is 0 Å². The van der Waals surface area contributed by atoms with Gasteiger partial charge >= 0.3 is 0 Å². The quantitative estimate of drug-likeness (QED) is 0.869. The van der Waals surface area contributed by atoms with Gasteiger partial charge in [0.15, 0.2) is 15.9 Å². The molecule has 112 valence electrons. The van der Waals surface area contributed by atoms with E-state index in [-0.39, 0.29) is 4.90 Å². The molecular formula is C16H14N2O3S. The highest BCUT2D eigenvalue weighted by Crippen LogP contribution is 2.18. The van der Waals surface area contributed by atoms with Crippen molar-refractivity contribution in [1.29, 1.82) is 0 Å². The molecule has 3 rings (SSSR count). The van der Waals surface area contributed by atoms with Crippen LogP contribution < -0.4 is 0 Å². The van der Waals surface area contributed by atoms with Crippen LogP contribution in [-0.4, -0.2) is 25.2 Å². The van der Waals surface area contributed by atoms with Crippen LogP contribution in [0.4, 0.5) is 0 Å². The van der Waals surface area contributed by atoms with Gasteiger partial charge in [0.05, 0.1) is 10.6 Å². The van der Waals surface area contributed by atoms with E-state index >= 15 is 0 Å². The molecule has 0 saturated heterocycles. The van der Waals surface area contributed by atoms with E-state index < -0.39 is 15.9 Å². The summed E-state index contributed by atoms with van der Waals surface area (Å²) >= 11 is 0. The van der Waals surface area contributed by atoms with Crippen molar-refractivity contribution in [3.8, 4) is 0 Å². The first-order valence-electron chi connectivity index (χ1n) is 6.77. The smallest absolute Gasteiger partial charge is 0.199 e. The minimum atomic E-state index is -3.46. The Bertz CT molecular complexity index is 800. The summed E-state index contributed by atoms with van der Waals surface area (Å²) < 4.78 is 24.3. The summed E-state index contributed by atoms with van der Waals surface area (Å²) in [5.41, 5.74) is 1.46. The molecule has 1 aromatic heterocycles. The zero-order chi connectivity index (χ0) is 15.4. The van der Waals surface area contributed by atoms with Gasteiger partial charge in [0.1, 0.15) is 5.71 Å². The Balaban J connectivity index is 1.69. The first-order valence-corrected chi connectivity index (χ1v) is 8.32. The van der Waals surface area contributed by atoms with Crippen LogP contribution in [0, 0.1) is 0 Å². The molecule has 0 saturated carbocycles. The van der Waals surface area contributed by atoms with Gasteiger partial charge in [-0.15, -0.1) is 0 Å². The fraction of sp³-hybridized carbons (Fsp3) is 0.125. The molecule has 1 aliphatic heterocycles. The minimum Gasteiger partial charge on any atom is -0.388 e. The van der Waals surface area contributed by atoms with Crippen LogP contribution in [0.5, 0.6) is 0 Å². The summed E-state index contributed by atoms with van der Waals surface area (Å²) in [7, 11) is -3.46. The molecule has 0 N–H and O–H groups in total. The topological polar surface area (TPSA) is 68.6 Å². The average molecular weight is 314 g/mol. The lowest BCUT2D eigenvalue weighted by molar-refractivity contribution is 0.120. The van der Waals surface area contributed by atoms with E-state index in [2.05, 4.69) is 10.1 Å². The molecule has 0 radical (unpaired) electrons. The first-order chi connectivity index (χ1) is 10.6. The van der Waals surface area contributed by atoms with Crippen LogP contribution in [0.1, 0.15) is 12.1 Å². The van der Waals surface area contributed by atoms with Crippen LogP contribution >= 0.6 is 0 Å². The van der Waals surface area contributed by atoms with Crippen molar-refractivity contribution in [3.05, 3.63) is 71.9 Å². The highest BCUT2D eigenvalue weighted by atomic mass is 32.2. The molecule has 5 nitrogen and oxygen atoms in total. The van der Waals surface area contributed by atoms with Crippen molar-refractivity contribution in [2.75, 3.05) is 0 Å². The molecule has 6 heteroatoms. The summed E-state index contributed by atoms with van der Waals surface area (Å²) in [4.78, 5) is 9.71. The Labute approximate surface area is 128 Å². The van der Waals surface area contributed by atoms with Crippen LogP contribution in [0.15, 0.2) is 76.3 Å². The maximum atomic E-state index is 12.1. The molecule has 22 heavy (non-hydrogen) atoms. The predicted molar refractivity (Wildman–Crippen MR) is 83.0 cm³/mol. The van der Waals surface area contributed by atoms with E-state index in [1.807, 2.05) is 18.2 Å². The molecule has 0 spiro atoms. The normalized spacial score (nSPS) is 18.2. The molecule has 2 aromatic rings. The Morgan fingerprint density at radius 3 is 2.59 bits per heavy atom. The Morgan fingerprint density at radius 1 is 1.09 bits per heavy atom. The first kappa shape index (κ1) is 14.5. The fourth-order valence-electron chi connectivity index (χ4n) is 2.06. The summed E-state index contributed by atoms with van der Waals surface area (Å²) in [5.74, 6) is 0. The van der Waals surface area contributed by atoms with Crippen LogP contribution in [0.3, 0.4) is 0 Å². The predicted octanol–water partition coefficient (Wildman–Crippen LogP) is 2.56. The second-order valence-corrected chi connectivity index (χ2v) is 6.62. The lowest BCUT2D eigenvalue weighted by Gasteiger charge is -2.02. The summed E-state index contributed by atoms with van der Waals surface area (Å²) in [6, 6.07) is 13.8. The van der Waals surface area contributed by atoms with Gasteiger partial charge in [0.2, 0.25) is 0 Å². The maximum absolute atomic E-state index is 12.1. The van der Waals surface area contributed by atoms with Crippen molar-refractivity contribution in [3.63, 3.8) is 0 Å². The zero-order valence-corrected chi connectivity index (χ0v) is 12.5. The molecular weight excluding hydrogens is 300 g/mol.